The zero-order chi connectivity index (χ0) is 14.8. The highest BCUT2D eigenvalue weighted by molar-refractivity contribution is 9.10. The number of carboxylic acids is 1. The Morgan fingerprint density at radius 3 is 2.20 bits per heavy atom. The van der Waals surface area contributed by atoms with Gasteiger partial charge in [0.1, 0.15) is 5.82 Å². The molecule has 0 aliphatic heterocycles. The normalized spacial score (nSPS) is 13.6. The smallest absolute Gasteiger partial charge is 0.333 e. The first-order chi connectivity index (χ1) is 9.41. The largest absolute Gasteiger partial charge is 0.479 e. The van der Waals surface area contributed by atoms with Gasteiger partial charge in [0.2, 0.25) is 0 Å². The molecule has 1 atom stereocenters. The fraction of sp³-hybridized carbons (Fsp3) is 0.133. The molecule has 2 aromatic rings. The van der Waals surface area contributed by atoms with E-state index in [-0.39, 0.29) is 0 Å². The second-order valence-corrected chi connectivity index (χ2v) is 5.48. The Balaban J connectivity index is 2.37. The summed E-state index contributed by atoms with van der Waals surface area (Å²) in [6.07, 6.45) is 0. The van der Waals surface area contributed by atoms with E-state index < -0.39 is 17.3 Å². The molecule has 5 heteroatoms. The van der Waals surface area contributed by atoms with E-state index >= 15 is 0 Å². The molecule has 3 nitrogen and oxygen atoms in total. The number of rotatable bonds is 4. The van der Waals surface area contributed by atoms with Crippen LogP contribution in [0.4, 0.5) is 10.1 Å². The lowest BCUT2D eigenvalue weighted by molar-refractivity contribution is -0.142. The van der Waals surface area contributed by atoms with Gasteiger partial charge in [0.05, 0.1) is 0 Å². The van der Waals surface area contributed by atoms with Crippen LogP contribution in [-0.4, -0.2) is 11.1 Å². The minimum Gasteiger partial charge on any atom is -0.479 e. The molecule has 0 aromatic heterocycles. The van der Waals surface area contributed by atoms with Crippen LogP contribution in [0, 0.1) is 5.82 Å². The van der Waals surface area contributed by atoms with Gasteiger partial charge in [0.25, 0.3) is 0 Å². The van der Waals surface area contributed by atoms with Crippen molar-refractivity contribution in [2.45, 2.75) is 12.5 Å². The SMILES string of the molecule is CC(Nc1ccc(Br)cc1)(C(=O)O)c1ccc(F)cc1. The van der Waals surface area contributed by atoms with E-state index in [1.807, 2.05) is 12.1 Å². The molecule has 0 radical (unpaired) electrons. The second kappa shape index (κ2) is 5.63. The predicted molar refractivity (Wildman–Crippen MR) is 79.2 cm³/mol. The van der Waals surface area contributed by atoms with Crippen LogP contribution in [0.15, 0.2) is 53.0 Å². The van der Waals surface area contributed by atoms with Crippen molar-refractivity contribution in [3.8, 4) is 0 Å². The number of hydrogen-bond acceptors (Lipinski definition) is 2. The minimum atomic E-state index is -1.33. The Morgan fingerprint density at radius 1 is 1.15 bits per heavy atom. The van der Waals surface area contributed by atoms with Crippen molar-refractivity contribution in [2.24, 2.45) is 0 Å². The van der Waals surface area contributed by atoms with Gasteiger partial charge in [0.15, 0.2) is 5.54 Å². The number of benzene rings is 2. The topological polar surface area (TPSA) is 49.3 Å². The summed E-state index contributed by atoms with van der Waals surface area (Å²) < 4.78 is 13.9. The van der Waals surface area contributed by atoms with E-state index in [0.29, 0.717) is 11.3 Å². The third-order valence-electron chi connectivity index (χ3n) is 3.09. The van der Waals surface area contributed by atoms with E-state index in [1.165, 1.54) is 24.3 Å². The maximum absolute atomic E-state index is 13.0. The highest BCUT2D eigenvalue weighted by Crippen LogP contribution is 2.27. The van der Waals surface area contributed by atoms with E-state index in [2.05, 4.69) is 21.2 Å². The quantitative estimate of drug-likeness (QED) is 0.886. The number of hydrogen-bond donors (Lipinski definition) is 2. The number of halogens is 2. The maximum Gasteiger partial charge on any atom is 0.333 e. The van der Waals surface area contributed by atoms with Gasteiger partial charge < -0.3 is 10.4 Å². The molecule has 0 saturated heterocycles. The van der Waals surface area contributed by atoms with Crippen LogP contribution >= 0.6 is 15.9 Å². The number of carbonyl (C=O) groups is 1. The molecule has 0 heterocycles. The minimum absolute atomic E-state index is 0.398. The lowest BCUT2D eigenvalue weighted by Crippen LogP contribution is -2.40. The fourth-order valence-electron chi connectivity index (χ4n) is 1.85. The maximum atomic E-state index is 13.0. The van der Waals surface area contributed by atoms with Crippen LogP contribution in [0.25, 0.3) is 0 Å². The molecule has 0 amide bonds. The predicted octanol–water partition coefficient (Wildman–Crippen LogP) is 4.00. The summed E-state index contributed by atoms with van der Waals surface area (Å²) in [7, 11) is 0. The van der Waals surface area contributed by atoms with Crippen molar-refractivity contribution in [1.82, 2.24) is 0 Å². The number of anilines is 1. The fourth-order valence-corrected chi connectivity index (χ4v) is 2.12. The number of carboxylic acid groups (broad SMARTS) is 1. The van der Waals surface area contributed by atoms with Gasteiger partial charge in [-0.05, 0) is 48.9 Å². The van der Waals surface area contributed by atoms with Crippen molar-refractivity contribution < 1.29 is 14.3 Å². The standard InChI is InChI=1S/C15H13BrFNO2/c1-15(14(19)20,10-2-6-12(17)7-3-10)18-13-8-4-11(16)5-9-13/h2-9,18H,1H3,(H,19,20). The van der Waals surface area contributed by atoms with Crippen LogP contribution < -0.4 is 5.32 Å². The number of nitrogens with one attached hydrogen (secondary N) is 1. The summed E-state index contributed by atoms with van der Waals surface area (Å²) in [5.74, 6) is -1.43. The van der Waals surface area contributed by atoms with Crippen molar-refractivity contribution in [3.63, 3.8) is 0 Å². The van der Waals surface area contributed by atoms with Gasteiger partial charge in [-0.3, -0.25) is 0 Å². The van der Waals surface area contributed by atoms with Crippen molar-refractivity contribution >= 4 is 27.6 Å². The van der Waals surface area contributed by atoms with E-state index in [0.717, 1.165) is 4.47 Å². The summed E-state index contributed by atoms with van der Waals surface area (Å²) in [4.78, 5) is 11.6. The summed E-state index contributed by atoms with van der Waals surface area (Å²) in [5, 5.41) is 12.5. The zero-order valence-corrected chi connectivity index (χ0v) is 12.3. The molecular weight excluding hydrogens is 325 g/mol. The summed E-state index contributed by atoms with van der Waals surface area (Å²) in [5.41, 5.74) is -0.182. The van der Waals surface area contributed by atoms with Crippen molar-refractivity contribution in [3.05, 3.63) is 64.4 Å². The van der Waals surface area contributed by atoms with E-state index in [9.17, 15) is 14.3 Å². The third-order valence-corrected chi connectivity index (χ3v) is 3.62. The van der Waals surface area contributed by atoms with Crippen LogP contribution in [0.5, 0.6) is 0 Å². The van der Waals surface area contributed by atoms with Gasteiger partial charge in [-0.15, -0.1) is 0 Å². The van der Waals surface area contributed by atoms with Crippen LogP contribution in [0.3, 0.4) is 0 Å². The summed E-state index contributed by atoms with van der Waals surface area (Å²) in [6, 6.07) is 12.6. The van der Waals surface area contributed by atoms with E-state index in [4.69, 9.17) is 0 Å². The molecule has 0 bridgehead atoms. The molecule has 1 unspecified atom stereocenters. The first-order valence-electron chi connectivity index (χ1n) is 5.95. The van der Waals surface area contributed by atoms with Crippen molar-refractivity contribution in [2.75, 3.05) is 5.32 Å². The Labute approximate surface area is 124 Å². The molecule has 2 rings (SSSR count). The Kier molecular flexibility index (Phi) is 4.09. The molecular formula is C15H13BrFNO2. The molecule has 104 valence electrons. The molecule has 0 spiro atoms. The Bertz CT molecular complexity index is 613. The van der Waals surface area contributed by atoms with Gasteiger partial charge >= 0.3 is 5.97 Å². The monoisotopic (exact) mass is 337 g/mol. The van der Waals surface area contributed by atoms with Crippen molar-refractivity contribution in [1.29, 1.82) is 0 Å². The Hall–Kier alpha value is -1.88. The summed E-state index contributed by atoms with van der Waals surface area (Å²) in [6.45, 7) is 1.55. The van der Waals surface area contributed by atoms with Gasteiger partial charge in [-0.1, -0.05) is 28.1 Å². The van der Waals surface area contributed by atoms with Crippen LogP contribution in [-0.2, 0) is 10.3 Å². The Morgan fingerprint density at radius 2 is 1.70 bits per heavy atom. The van der Waals surface area contributed by atoms with Gasteiger partial charge in [-0.25, -0.2) is 9.18 Å². The molecule has 0 fully saturated rings. The molecule has 20 heavy (non-hydrogen) atoms. The first-order valence-corrected chi connectivity index (χ1v) is 6.74. The van der Waals surface area contributed by atoms with Gasteiger partial charge in [0, 0.05) is 10.2 Å². The van der Waals surface area contributed by atoms with E-state index in [1.54, 1.807) is 19.1 Å². The molecule has 0 aliphatic carbocycles. The molecule has 2 aromatic carbocycles. The third kappa shape index (κ3) is 2.99. The molecule has 2 N–H and O–H groups in total. The zero-order valence-electron chi connectivity index (χ0n) is 10.7. The average Bonchev–Trinajstić information content (AvgIpc) is 2.42. The second-order valence-electron chi connectivity index (χ2n) is 4.57. The number of aliphatic carboxylic acids is 1. The van der Waals surface area contributed by atoms with Crippen LogP contribution in [0.1, 0.15) is 12.5 Å². The average molecular weight is 338 g/mol. The molecule has 0 aliphatic rings. The first kappa shape index (κ1) is 14.5. The highest BCUT2D eigenvalue weighted by atomic mass is 79.9. The lowest BCUT2D eigenvalue weighted by atomic mass is 9.91. The van der Waals surface area contributed by atoms with Gasteiger partial charge in [-0.2, -0.15) is 0 Å². The highest BCUT2D eigenvalue weighted by Gasteiger charge is 2.35. The van der Waals surface area contributed by atoms with Crippen LogP contribution in [0.2, 0.25) is 0 Å². The molecule has 0 saturated carbocycles. The lowest BCUT2D eigenvalue weighted by Gasteiger charge is -2.28. The summed E-state index contributed by atoms with van der Waals surface area (Å²) >= 11 is 3.32.